The largest absolute Gasteiger partial charge is 0.310 e. The minimum absolute atomic E-state index is 0.0264. The van der Waals surface area contributed by atoms with Gasteiger partial charge in [0.2, 0.25) is 0 Å². The third-order valence-corrected chi connectivity index (χ3v) is 5.32. The van der Waals surface area contributed by atoms with Crippen molar-refractivity contribution in [2.75, 3.05) is 19.6 Å². The van der Waals surface area contributed by atoms with Crippen LogP contribution >= 0.6 is 0 Å². The molecule has 1 aromatic heterocycles. The monoisotopic (exact) mass is 359 g/mol. The quantitative estimate of drug-likeness (QED) is 0.750. The molecule has 4 nitrogen and oxygen atoms in total. The van der Waals surface area contributed by atoms with Gasteiger partial charge >= 0.3 is 0 Å². The molecule has 1 aliphatic rings. The average molecular weight is 359 g/mol. The van der Waals surface area contributed by atoms with E-state index in [9.17, 15) is 4.79 Å². The lowest BCUT2D eigenvalue weighted by Gasteiger charge is -2.26. The highest BCUT2D eigenvalue weighted by Crippen LogP contribution is 2.22. The topological polar surface area (TPSA) is 49.0 Å². The van der Waals surface area contributed by atoms with Crippen LogP contribution in [0.1, 0.15) is 29.8 Å². The number of hydrogen-bond donors (Lipinski definition) is 1. The molecule has 0 saturated carbocycles. The van der Waals surface area contributed by atoms with Crippen molar-refractivity contribution in [1.29, 1.82) is 0 Å². The Morgan fingerprint density at radius 2 is 1.96 bits per heavy atom. The molecule has 0 radical (unpaired) electrons. The van der Waals surface area contributed by atoms with E-state index < -0.39 is 0 Å². The summed E-state index contributed by atoms with van der Waals surface area (Å²) in [6.07, 6.45) is 5.23. The van der Waals surface area contributed by atoms with Crippen molar-refractivity contribution in [3.63, 3.8) is 0 Å². The van der Waals surface area contributed by atoms with Crippen molar-refractivity contribution in [3.05, 3.63) is 81.9 Å². The Kier molecular flexibility index (Phi) is 5.16. The van der Waals surface area contributed by atoms with Crippen molar-refractivity contribution in [1.82, 2.24) is 14.9 Å². The van der Waals surface area contributed by atoms with Crippen LogP contribution in [0.15, 0.2) is 59.4 Å². The third kappa shape index (κ3) is 4.01. The van der Waals surface area contributed by atoms with E-state index >= 15 is 0 Å². The molecule has 0 atom stereocenters. The Morgan fingerprint density at radius 1 is 1.11 bits per heavy atom. The van der Waals surface area contributed by atoms with Gasteiger partial charge in [0.05, 0.1) is 10.9 Å². The van der Waals surface area contributed by atoms with Gasteiger partial charge < -0.3 is 4.98 Å². The predicted molar refractivity (Wildman–Crippen MR) is 111 cm³/mol. The van der Waals surface area contributed by atoms with E-state index in [1.165, 1.54) is 11.1 Å². The predicted octanol–water partition coefficient (Wildman–Crippen LogP) is 3.95. The fourth-order valence-corrected chi connectivity index (χ4v) is 3.82. The Hall–Kier alpha value is -2.72. The van der Waals surface area contributed by atoms with Crippen LogP contribution in [0.25, 0.3) is 16.5 Å². The molecule has 2 aromatic carbocycles. The molecule has 0 spiro atoms. The van der Waals surface area contributed by atoms with Gasteiger partial charge in [0.1, 0.15) is 5.82 Å². The summed E-state index contributed by atoms with van der Waals surface area (Å²) < 4.78 is 0. The molecular formula is C23H25N3O. The number of aromatic amines is 1. The molecule has 0 bridgehead atoms. The van der Waals surface area contributed by atoms with E-state index in [1.54, 1.807) is 0 Å². The Morgan fingerprint density at radius 3 is 2.74 bits per heavy atom. The molecule has 0 unspecified atom stereocenters. The minimum atomic E-state index is -0.0264. The summed E-state index contributed by atoms with van der Waals surface area (Å²) in [6.45, 7) is 5.05. The highest BCUT2D eigenvalue weighted by Gasteiger charge is 2.13. The normalized spacial score (nSPS) is 15.1. The molecule has 138 valence electrons. The zero-order chi connectivity index (χ0) is 18.6. The Labute approximate surface area is 159 Å². The molecular weight excluding hydrogens is 334 g/mol. The van der Waals surface area contributed by atoms with Gasteiger partial charge in [-0.3, -0.25) is 9.69 Å². The van der Waals surface area contributed by atoms with Gasteiger partial charge in [-0.15, -0.1) is 0 Å². The molecule has 0 fully saturated rings. The van der Waals surface area contributed by atoms with Crippen LogP contribution in [0.2, 0.25) is 0 Å². The van der Waals surface area contributed by atoms with Gasteiger partial charge in [-0.05, 0) is 49.1 Å². The first-order chi connectivity index (χ1) is 13.2. The summed E-state index contributed by atoms with van der Waals surface area (Å²) in [5, 5.41) is 0.704. The van der Waals surface area contributed by atoms with Crippen molar-refractivity contribution in [2.45, 2.75) is 26.2 Å². The smallest absolute Gasteiger partial charge is 0.259 e. The van der Waals surface area contributed by atoms with Crippen LogP contribution in [0, 0.1) is 6.92 Å². The lowest BCUT2D eigenvalue weighted by Crippen LogP contribution is -2.30. The maximum atomic E-state index is 12.3. The van der Waals surface area contributed by atoms with E-state index in [0.29, 0.717) is 5.39 Å². The third-order valence-electron chi connectivity index (χ3n) is 5.32. The molecule has 1 aliphatic heterocycles. The van der Waals surface area contributed by atoms with E-state index in [4.69, 9.17) is 0 Å². The van der Waals surface area contributed by atoms with E-state index in [1.807, 2.05) is 25.1 Å². The fourth-order valence-electron chi connectivity index (χ4n) is 3.82. The number of benzene rings is 2. The van der Waals surface area contributed by atoms with Crippen LogP contribution in [0.5, 0.6) is 0 Å². The number of rotatable bonds is 5. The molecule has 0 amide bonds. The number of hydrogen-bond acceptors (Lipinski definition) is 3. The van der Waals surface area contributed by atoms with Crippen molar-refractivity contribution >= 4 is 16.5 Å². The lowest BCUT2D eigenvalue weighted by atomic mass is 9.99. The first-order valence-corrected chi connectivity index (χ1v) is 9.66. The molecule has 2 heterocycles. The highest BCUT2D eigenvalue weighted by atomic mass is 16.1. The number of H-pyrrole nitrogens is 1. The summed E-state index contributed by atoms with van der Waals surface area (Å²) in [6, 6.07) is 16.5. The molecule has 4 heteroatoms. The molecule has 4 rings (SSSR count). The van der Waals surface area contributed by atoms with Crippen LogP contribution < -0.4 is 5.56 Å². The second kappa shape index (κ2) is 7.89. The van der Waals surface area contributed by atoms with Crippen molar-refractivity contribution < 1.29 is 0 Å². The van der Waals surface area contributed by atoms with Crippen LogP contribution in [0.3, 0.4) is 0 Å². The number of nitrogens with one attached hydrogen (secondary N) is 1. The Bertz CT molecular complexity index is 1020. The summed E-state index contributed by atoms with van der Waals surface area (Å²) >= 11 is 0. The molecule has 1 N–H and O–H groups in total. The lowest BCUT2D eigenvalue weighted by molar-refractivity contribution is 0.297. The van der Waals surface area contributed by atoms with E-state index in [-0.39, 0.29) is 5.56 Å². The number of nitrogens with zero attached hydrogens (tertiary/aromatic N) is 2. The van der Waals surface area contributed by atoms with Crippen LogP contribution in [-0.4, -0.2) is 34.5 Å². The first-order valence-electron chi connectivity index (χ1n) is 9.66. The van der Waals surface area contributed by atoms with Gasteiger partial charge in [-0.25, -0.2) is 4.98 Å². The first kappa shape index (κ1) is 17.7. The van der Waals surface area contributed by atoms with Gasteiger partial charge in [0, 0.05) is 19.5 Å². The maximum Gasteiger partial charge on any atom is 0.259 e. The molecule has 27 heavy (non-hydrogen) atoms. The second-order valence-corrected chi connectivity index (χ2v) is 7.23. The second-order valence-electron chi connectivity index (χ2n) is 7.23. The summed E-state index contributed by atoms with van der Waals surface area (Å²) in [7, 11) is 0. The SMILES string of the molecule is Cc1cccc2nc(CCCN3CC=C(c4ccccc4)CC3)[nH]c(=O)c12. The van der Waals surface area contributed by atoms with Crippen LogP contribution in [-0.2, 0) is 6.42 Å². The maximum absolute atomic E-state index is 12.3. The van der Waals surface area contributed by atoms with Gasteiger partial charge in [0.25, 0.3) is 5.56 Å². The Balaban J connectivity index is 1.35. The zero-order valence-electron chi connectivity index (χ0n) is 15.7. The van der Waals surface area contributed by atoms with Gasteiger partial charge in [0.15, 0.2) is 0 Å². The van der Waals surface area contributed by atoms with Crippen molar-refractivity contribution in [2.24, 2.45) is 0 Å². The average Bonchev–Trinajstić information content (AvgIpc) is 2.69. The van der Waals surface area contributed by atoms with Gasteiger partial charge in [-0.2, -0.15) is 0 Å². The highest BCUT2D eigenvalue weighted by molar-refractivity contribution is 5.80. The molecule has 0 aliphatic carbocycles. The zero-order valence-corrected chi connectivity index (χ0v) is 15.7. The standard InChI is InChI=1S/C23H25N3O/c1-17-7-5-10-20-22(17)23(27)25-21(24-20)11-6-14-26-15-12-19(13-16-26)18-8-3-2-4-9-18/h2-5,7-10,12H,6,11,13-16H2,1H3,(H,24,25,27). The number of aryl methyl sites for hydroxylation is 2. The summed E-state index contributed by atoms with van der Waals surface area (Å²) in [5.74, 6) is 0.788. The summed E-state index contributed by atoms with van der Waals surface area (Å²) in [4.78, 5) is 22.4. The molecule has 0 saturated heterocycles. The number of fused-ring (bicyclic) bond motifs is 1. The minimum Gasteiger partial charge on any atom is -0.310 e. The molecule has 3 aromatic rings. The van der Waals surface area contributed by atoms with E-state index in [0.717, 1.165) is 55.8 Å². The van der Waals surface area contributed by atoms with Crippen LogP contribution in [0.4, 0.5) is 0 Å². The van der Waals surface area contributed by atoms with Gasteiger partial charge in [-0.1, -0.05) is 48.5 Å². The summed E-state index contributed by atoms with van der Waals surface area (Å²) in [5.41, 5.74) is 4.53. The van der Waals surface area contributed by atoms with E-state index in [2.05, 4.69) is 51.3 Å². The number of aromatic nitrogens is 2. The van der Waals surface area contributed by atoms with Crippen molar-refractivity contribution in [3.8, 4) is 0 Å². The fraction of sp³-hybridized carbons (Fsp3) is 0.304.